The summed E-state index contributed by atoms with van der Waals surface area (Å²) in [4.78, 5) is 0. The van der Waals surface area contributed by atoms with Crippen LogP contribution in [0.3, 0.4) is 0 Å². The van der Waals surface area contributed by atoms with E-state index in [-0.39, 0.29) is 5.60 Å². The van der Waals surface area contributed by atoms with Gasteiger partial charge in [-0.3, -0.25) is 0 Å². The summed E-state index contributed by atoms with van der Waals surface area (Å²) in [7, 11) is 1.76. The summed E-state index contributed by atoms with van der Waals surface area (Å²) in [6.45, 7) is 5.74. The molecule has 1 aromatic rings. The summed E-state index contributed by atoms with van der Waals surface area (Å²) < 4.78 is 10.7. The summed E-state index contributed by atoms with van der Waals surface area (Å²) >= 11 is 0. The van der Waals surface area contributed by atoms with Crippen molar-refractivity contribution in [3.63, 3.8) is 0 Å². The van der Waals surface area contributed by atoms with Gasteiger partial charge in [0.2, 0.25) is 0 Å². The Hall–Kier alpha value is -0.870. The number of methoxy groups -OCH3 is 1. The first-order valence-electron chi connectivity index (χ1n) is 4.84. The van der Waals surface area contributed by atoms with Crippen molar-refractivity contribution in [2.75, 3.05) is 20.2 Å². The highest BCUT2D eigenvalue weighted by molar-refractivity contribution is 5.24. The molecule has 4 heteroatoms. The molecule has 0 bridgehead atoms. The number of nitrogens with zero attached hydrogens (tertiary/aromatic N) is 1. The van der Waals surface area contributed by atoms with Gasteiger partial charge in [-0.25, -0.2) is 0 Å². The third-order valence-corrected chi connectivity index (χ3v) is 3.01. The smallest absolute Gasteiger partial charge is 0.137 e. The van der Waals surface area contributed by atoms with Gasteiger partial charge in [0.1, 0.15) is 5.76 Å². The van der Waals surface area contributed by atoms with Crippen LogP contribution in [0.5, 0.6) is 0 Å². The quantitative estimate of drug-likeness (QED) is 0.777. The third-order valence-electron chi connectivity index (χ3n) is 3.01. The molecule has 1 aliphatic rings. The fourth-order valence-electron chi connectivity index (χ4n) is 1.82. The van der Waals surface area contributed by atoms with E-state index in [2.05, 4.69) is 10.5 Å². The summed E-state index contributed by atoms with van der Waals surface area (Å²) in [5.74, 6) is 0.908. The molecular formula is C10H16N2O2. The lowest BCUT2D eigenvalue weighted by Crippen LogP contribution is -2.62. The Morgan fingerprint density at radius 1 is 1.50 bits per heavy atom. The highest BCUT2D eigenvalue weighted by atomic mass is 16.5. The molecule has 0 amide bonds. The fourth-order valence-corrected chi connectivity index (χ4v) is 1.82. The van der Waals surface area contributed by atoms with Crippen LogP contribution in [0.4, 0.5) is 0 Å². The molecule has 0 unspecified atom stereocenters. The molecule has 14 heavy (non-hydrogen) atoms. The van der Waals surface area contributed by atoms with E-state index in [4.69, 9.17) is 9.26 Å². The Balaban J connectivity index is 2.17. The van der Waals surface area contributed by atoms with Gasteiger partial charge in [-0.1, -0.05) is 5.16 Å². The normalized spacial score (nSPS) is 19.4. The minimum Gasteiger partial charge on any atom is -0.375 e. The van der Waals surface area contributed by atoms with Gasteiger partial charge in [-0.2, -0.15) is 0 Å². The van der Waals surface area contributed by atoms with Crippen LogP contribution in [0, 0.1) is 13.8 Å². The maximum Gasteiger partial charge on any atom is 0.137 e. The maximum absolute atomic E-state index is 5.53. The molecular weight excluding hydrogens is 180 g/mol. The second-order valence-corrected chi connectivity index (χ2v) is 3.97. The Kier molecular flexibility index (Phi) is 2.33. The lowest BCUT2D eigenvalue weighted by Gasteiger charge is -2.41. The zero-order valence-electron chi connectivity index (χ0n) is 8.89. The molecule has 1 N–H and O–H groups in total. The molecule has 0 spiro atoms. The standard InChI is InChI=1S/C10H16N2O2/c1-7-9(8(2)14-12-7)4-10(13-3)5-11-6-10/h11H,4-6H2,1-3H3. The van der Waals surface area contributed by atoms with Gasteiger partial charge in [0.05, 0.1) is 11.3 Å². The molecule has 0 aromatic carbocycles. The number of aryl methyl sites for hydroxylation is 2. The zero-order valence-corrected chi connectivity index (χ0v) is 8.89. The van der Waals surface area contributed by atoms with Crippen molar-refractivity contribution in [1.29, 1.82) is 0 Å². The van der Waals surface area contributed by atoms with Gasteiger partial charge in [0.15, 0.2) is 0 Å². The van der Waals surface area contributed by atoms with Crippen LogP contribution < -0.4 is 5.32 Å². The maximum atomic E-state index is 5.53. The second-order valence-electron chi connectivity index (χ2n) is 3.97. The van der Waals surface area contributed by atoms with Crippen molar-refractivity contribution in [2.24, 2.45) is 0 Å². The monoisotopic (exact) mass is 196 g/mol. The Bertz CT molecular complexity index is 304. The summed E-state index contributed by atoms with van der Waals surface area (Å²) in [6, 6.07) is 0. The first-order chi connectivity index (χ1) is 6.67. The van der Waals surface area contributed by atoms with Crippen LogP contribution in [0.15, 0.2) is 4.52 Å². The molecule has 1 fully saturated rings. The van der Waals surface area contributed by atoms with Crippen LogP contribution in [0.2, 0.25) is 0 Å². The molecule has 0 radical (unpaired) electrons. The SMILES string of the molecule is COC1(Cc2c(C)noc2C)CNC1. The Morgan fingerprint density at radius 2 is 2.21 bits per heavy atom. The van der Waals surface area contributed by atoms with E-state index in [0.717, 1.165) is 31.0 Å². The molecule has 1 saturated heterocycles. The largest absolute Gasteiger partial charge is 0.375 e. The average Bonchev–Trinajstić information content (AvgIpc) is 2.41. The van der Waals surface area contributed by atoms with Crippen molar-refractivity contribution in [3.8, 4) is 0 Å². The minimum atomic E-state index is -0.0406. The average molecular weight is 196 g/mol. The van der Waals surface area contributed by atoms with E-state index in [1.807, 2.05) is 13.8 Å². The number of hydrogen-bond donors (Lipinski definition) is 1. The van der Waals surface area contributed by atoms with Crippen LogP contribution in [-0.4, -0.2) is 31.0 Å². The first kappa shape index (κ1) is 9.68. The highest BCUT2D eigenvalue weighted by Crippen LogP contribution is 2.25. The molecule has 0 atom stereocenters. The van der Waals surface area contributed by atoms with Gasteiger partial charge in [0, 0.05) is 32.2 Å². The van der Waals surface area contributed by atoms with Gasteiger partial charge in [0.25, 0.3) is 0 Å². The third kappa shape index (κ3) is 1.44. The van der Waals surface area contributed by atoms with E-state index >= 15 is 0 Å². The molecule has 0 aliphatic carbocycles. The fraction of sp³-hybridized carbons (Fsp3) is 0.700. The molecule has 0 saturated carbocycles. The lowest BCUT2D eigenvalue weighted by atomic mass is 9.88. The summed E-state index contributed by atoms with van der Waals surface area (Å²) in [5.41, 5.74) is 2.13. The number of nitrogens with one attached hydrogen (secondary N) is 1. The van der Waals surface area contributed by atoms with Crippen molar-refractivity contribution >= 4 is 0 Å². The van der Waals surface area contributed by atoms with E-state index in [9.17, 15) is 0 Å². The highest BCUT2D eigenvalue weighted by Gasteiger charge is 2.38. The van der Waals surface area contributed by atoms with E-state index in [1.165, 1.54) is 5.56 Å². The zero-order chi connectivity index (χ0) is 10.2. The second kappa shape index (κ2) is 3.37. The van der Waals surface area contributed by atoms with Crippen molar-refractivity contribution in [1.82, 2.24) is 10.5 Å². The molecule has 78 valence electrons. The summed E-state index contributed by atoms with van der Waals surface area (Å²) in [5, 5.41) is 7.17. The van der Waals surface area contributed by atoms with Crippen LogP contribution in [0.1, 0.15) is 17.0 Å². The van der Waals surface area contributed by atoms with Crippen molar-refractivity contribution < 1.29 is 9.26 Å². The van der Waals surface area contributed by atoms with E-state index in [1.54, 1.807) is 7.11 Å². The lowest BCUT2D eigenvalue weighted by molar-refractivity contribution is -0.0505. The van der Waals surface area contributed by atoms with E-state index in [0.29, 0.717) is 0 Å². The number of hydrogen-bond acceptors (Lipinski definition) is 4. The number of ether oxygens (including phenoxy) is 1. The van der Waals surface area contributed by atoms with Crippen LogP contribution >= 0.6 is 0 Å². The molecule has 4 nitrogen and oxygen atoms in total. The predicted octanol–water partition coefficient (Wildman–Crippen LogP) is 0.822. The van der Waals surface area contributed by atoms with Gasteiger partial charge < -0.3 is 14.6 Å². The molecule has 1 aromatic heterocycles. The predicted molar refractivity (Wildman–Crippen MR) is 52.3 cm³/mol. The molecule has 2 heterocycles. The van der Waals surface area contributed by atoms with Gasteiger partial charge in [-0.05, 0) is 13.8 Å². The van der Waals surface area contributed by atoms with Crippen molar-refractivity contribution in [2.45, 2.75) is 25.9 Å². The topological polar surface area (TPSA) is 47.3 Å². The number of rotatable bonds is 3. The molecule has 2 rings (SSSR count). The molecule has 1 aliphatic heterocycles. The number of aromatic nitrogens is 1. The Morgan fingerprint density at radius 3 is 2.57 bits per heavy atom. The van der Waals surface area contributed by atoms with Gasteiger partial charge >= 0.3 is 0 Å². The van der Waals surface area contributed by atoms with Crippen LogP contribution in [0.25, 0.3) is 0 Å². The van der Waals surface area contributed by atoms with E-state index < -0.39 is 0 Å². The van der Waals surface area contributed by atoms with Crippen molar-refractivity contribution in [3.05, 3.63) is 17.0 Å². The van der Waals surface area contributed by atoms with Gasteiger partial charge in [-0.15, -0.1) is 0 Å². The first-order valence-corrected chi connectivity index (χ1v) is 4.84. The summed E-state index contributed by atoms with van der Waals surface area (Å²) in [6.07, 6.45) is 0.887. The Labute approximate surface area is 83.6 Å². The van der Waals surface area contributed by atoms with Crippen LogP contribution in [-0.2, 0) is 11.2 Å². The minimum absolute atomic E-state index is 0.0406.